The number of amides is 1. The molecule has 0 saturated carbocycles. The van der Waals surface area contributed by atoms with Crippen LogP contribution in [0, 0.1) is 6.92 Å². The van der Waals surface area contributed by atoms with Crippen molar-refractivity contribution >= 4 is 5.91 Å². The number of methoxy groups -OCH3 is 1. The number of rotatable bonds is 7. The molecule has 1 fully saturated rings. The van der Waals surface area contributed by atoms with Crippen molar-refractivity contribution < 1.29 is 14.3 Å². The second-order valence-electron chi connectivity index (χ2n) is 5.84. The average molecular weight is 321 g/mol. The molecule has 3 N–H and O–H groups in total. The molecule has 6 nitrogen and oxygen atoms in total. The van der Waals surface area contributed by atoms with Gasteiger partial charge in [0.05, 0.1) is 17.7 Å². The summed E-state index contributed by atoms with van der Waals surface area (Å²) in [7, 11) is 1.69. The van der Waals surface area contributed by atoms with E-state index in [1.165, 1.54) is 0 Å². The van der Waals surface area contributed by atoms with Crippen LogP contribution in [-0.2, 0) is 4.74 Å². The molecule has 2 rings (SSSR count). The van der Waals surface area contributed by atoms with Crippen molar-refractivity contribution in [2.24, 2.45) is 5.73 Å². The molecule has 0 aromatic heterocycles. The van der Waals surface area contributed by atoms with Gasteiger partial charge in [-0.05, 0) is 25.6 Å². The molecule has 1 aromatic carbocycles. The van der Waals surface area contributed by atoms with E-state index in [9.17, 15) is 4.79 Å². The van der Waals surface area contributed by atoms with Crippen molar-refractivity contribution in [1.29, 1.82) is 0 Å². The highest BCUT2D eigenvalue weighted by atomic mass is 16.5. The number of likely N-dealkylation sites (N-methyl/N-ethyl adjacent to an activating group) is 1. The van der Waals surface area contributed by atoms with Crippen LogP contribution in [0.1, 0.15) is 22.8 Å². The Kier molecular flexibility index (Phi) is 6.38. The summed E-state index contributed by atoms with van der Waals surface area (Å²) in [6, 6.07) is 5.57. The van der Waals surface area contributed by atoms with Crippen molar-refractivity contribution in [3.05, 3.63) is 29.3 Å². The first-order chi connectivity index (χ1) is 11.1. The molecule has 0 aliphatic carbocycles. The molecule has 23 heavy (non-hydrogen) atoms. The topological polar surface area (TPSA) is 76.8 Å². The van der Waals surface area contributed by atoms with Crippen molar-refractivity contribution in [2.45, 2.75) is 26.0 Å². The Morgan fingerprint density at radius 1 is 1.43 bits per heavy atom. The van der Waals surface area contributed by atoms with E-state index < -0.39 is 0 Å². The van der Waals surface area contributed by atoms with Crippen LogP contribution in [0.15, 0.2) is 18.2 Å². The first kappa shape index (κ1) is 17.7. The minimum atomic E-state index is -0.134. The van der Waals surface area contributed by atoms with Gasteiger partial charge in [-0.25, -0.2) is 0 Å². The Balaban J connectivity index is 2.12. The Hall–Kier alpha value is -1.63. The van der Waals surface area contributed by atoms with E-state index in [1.54, 1.807) is 7.11 Å². The molecule has 1 amide bonds. The molecule has 1 heterocycles. The molecule has 0 unspecified atom stereocenters. The Bertz CT molecular complexity index is 536. The molecule has 2 atom stereocenters. The lowest BCUT2D eigenvalue weighted by Gasteiger charge is -2.20. The molecular weight excluding hydrogens is 294 g/mol. The number of nitrogens with one attached hydrogen (secondary N) is 1. The van der Waals surface area contributed by atoms with Gasteiger partial charge in [0.15, 0.2) is 0 Å². The van der Waals surface area contributed by atoms with Gasteiger partial charge in [0.2, 0.25) is 0 Å². The van der Waals surface area contributed by atoms with Crippen LogP contribution in [0.3, 0.4) is 0 Å². The van der Waals surface area contributed by atoms with E-state index in [4.69, 9.17) is 15.2 Å². The largest absolute Gasteiger partial charge is 0.491 e. The molecule has 0 spiro atoms. The van der Waals surface area contributed by atoms with Crippen molar-refractivity contribution in [3.8, 4) is 5.75 Å². The fraction of sp³-hybridized carbons (Fsp3) is 0.588. The number of carbonyl (C=O) groups excluding carboxylic acids is 1. The van der Waals surface area contributed by atoms with Crippen molar-refractivity contribution in [1.82, 2.24) is 10.2 Å². The molecule has 1 aliphatic heterocycles. The maximum atomic E-state index is 12.7. The van der Waals surface area contributed by atoms with E-state index in [-0.39, 0.29) is 18.1 Å². The van der Waals surface area contributed by atoms with Crippen molar-refractivity contribution in [3.63, 3.8) is 0 Å². The number of benzene rings is 1. The summed E-state index contributed by atoms with van der Waals surface area (Å²) >= 11 is 0. The Morgan fingerprint density at radius 2 is 2.22 bits per heavy atom. The third-order valence-corrected chi connectivity index (χ3v) is 4.16. The molecule has 0 bridgehead atoms. The standard InChI is InChI=1S/C17H27N3O3/c1-4-20-10-14(16(11-20)22-3)19-17(21)13-9-12(2)5-6-15(13)23-8-7-18/h5-6,9,14,16H,4,7-8,10-11,18H2,1-3H3,(H,19,21)/t14-,16-/m0/s1. The fourth-order valence-corrected chi connectivity index (χ4v) is 2.85. The highest BCUT2D eigenvalue weighted by molar-refractivity contribution is 5.97. The summed E-state index contributed by atoms with van der Waals surface area (Å²) < 4.78 is 11.1. The molecule has 0 radical (unpaired) electrons. The minimum Gasteiger partial charge on any atom is -0.491 e. The SMILES string of the molecule is CCN1C[C@H](NC(=O)c2cc(C)ccc2OCCN)[C@@H](OC)C1. The molecule has 1 aromatic rings. The number of hydrogen-bond acceptors (Lipinski definition) is 5. The van der Waals surface area contributed by atoms with Gasteiger partial charge < -0.3 is 20.5 Å². The number of nitrogens with two attached hydrogens (primary N) is 1. The number of likely N-dealkylation sites (tertiary alicyclic amines) is 1. The average Bonchev–Trinajstić information content (AvgIpc) is 2.95. The molecule has 1 saturated heterocycles. The van der Waals surface area contributed by atoms with Crippen LogP contribution in [-0.4, -0.2) is 62.8 Å². The molecule has 1 aliphatic rings. The fourth-order valence-electron chi connectivity index (χ4n) is 2.85. The summed E-state index contributed by atoms with van der Waals surface area (Å²) in [5, 5.41) is 3.09. The lowest BCUT2D eigenvalue weighted by atomic mass is 10.1. The van der Waals surface area contributed by atoms with Crippen LogP contribution in [0.25, 0.3) is 0 Å². The lowest BCUT2D eigenvalue weighted by molar-refractivity contribution is 0.0760. The van der Waals surface area contributed by atoms with E-state index in [2.05, 4.69) is 17.1 Å². The predicted octanol–water partition coefficient (Wildman–Crippen LogP) is 0.781. The first-order valence-electron chi connectivity index (χ1n) is 8.08. The summed E-state index contributed by atoms with van der Waals surface area (Å²) in [5.41, 5.74) is 7.04. The zero-order chi connectivity index (χ0) is 16.8. The van der Waals surface area contributed by atoms with E-state index >= 15 is 0 Å². The van der Waals surface area contributed by atoms with Crippen LogP contribution in [0.5, 0.6) is 5.75 Å². The monoisotopic (exact) mass is 321 g/mol. The van der Waals surface area contributed by atoms with Crippen LogP contribution >= 0.6 is 0 Å². The summed E-state index contributed by atoms with van der Waals surface area (Å²) in [4.78, 5) is 15.0. The zero-order valence-electron chi connectivity index (χ0n) is 14.2. The van der Waals surface area contributed by atoms with Crippen LogP contribution < -0.4 is 15.8 Å². The van der Waals surface area contributed by atoms with Gasteiger partial charge >= 0.3 is 0 Å². The van der Waals surface area contributed by atoms with E-state index in [0.29, 0.717) is 24.5 Å². The van der Waals surface area contributed by atoms with E-state index in [1.807, 2.05) is 25.1 Å². The molecule has 128 valence electrons. The zero-order valence-corrected chi connectivity index (χ0v) is 14.2. The smallest absolute Gasteiger partial charge is 0.255 e. The second-order valence-corrected chi connectivity index (χ2v) is 5.84. The van der Waals surface area contributed by atoms with Crippen LogP contribution in [0.4, 0.5) is 0 Å². The minimum absolute atomic E-state index is 0.0112. The number of hydrogen-bond donors (Lipinski definition) is 2. The van der Waals surface area contributed by atoms with Gasteiger partial charge in [0.25, 0.3) is 5.91 Å². The molecule has 6 heteroatoms. The van der Waals surface area contributed by atoms with Gasteiger partial charge in [-0.2, -0.15) is 0 Å². The second kappa shape index (κ2) is 8.29. The highest BCUT2D eigenvalue weighted by Crippen LogP contribution is 2.21. The van der Waals surface area contributed by atoms with E-state index in [0.717, 1.165) is 25.2 Å². The normalized spacial score (nSPS) is 21.4. The number of nitrogens with zero attached hydrogens (tertiary/aromatic N) is 1. The van der Waals surface area contributed by atoms with Crippen molar-refractivity contribution in [2.75, 3.05) is 39.9 Å². The third-order valence-electron chi connectivity index (χ3n) is 4.16. The quantitative estimate of drug-likeness (QED) is 0.776. The lowest BCUT2D eigenvalue weighted by Crippen LogP contribution is -2.43. The number of carbonyl (C=O) groups is 1. The maximum absolute atomic E-state index is 12.7. The third kappa shape index (κ3) is 4.43. The number of aryl methyl sites for hydroxylation is 1. The predicted molar refractivity (Wildman–Crippen MR) is 89.9 cm³/mol. The maximum Gasteiger partial charge on any atom is 0.255 e. The Labute approximate surface area is 137 Å². The van der Waals surface area contributed by atoms with Crippen LogP contribution in [0.2, 0.25) is 0 Å². The highest BCUT2D eigenvalue weighted by Gasteiger charge is 2.33. The van der Waals surface area contributed by atoms with Gasteiger partial charge in [0.1, 0.15) is 12.4 Å². The van der Waals surface area contributed by atoms with Gasteiger partial charge in [-0.15, -0.1) is 0 Å². The molecular formula is C17H27N3O3. The van der Waals surface area contributed by atoms with Gasteiger partial charge in [0, 0.05) is 26.7 Å². The summed E-state index contributed by atoms with van der Waals surface area (Å²) in [6.45, 7) is 7.44. The first-order valence-corrected chi connectivity index (χ1v) is 8.08. The van der Waals surface area contributed by atoms with Gasteiger partial charge in [-0.3, -0.25) is 9.69 Å². The number of ether oxygens (including phenoxy) is 2. The summed E-state index contributed by atoms with van der Waals surface area (Å²) in [5.74, 6) is 0.434. The van der Waals surface area contributed by atoms with Gasteiger partial charge in [-0.1, -0.05) is 18.6 Å². The Morgan fingerprint density at radius 3 is 2.87 bits per heavy atom. The summed E-state index contributed by atoms with van der Waals surface area (Å²) in [6.07, 6.45) is 0.0112.